The van der Waals surface area contributed by atoms with Gasteiger partial charge in [0.05, 0.1) is 19.1 Å². The Morgan fingerprint density at radius 2 is 1.78 bits per heavy atom. The topological polar surface area (TPSA) is 41.6 Å². The van der Waals surface area contributed by atoms with Crippen molar-refractivity contribution in [2.24, 2.45) is 0 Å². The summed E-state index contributed by atoms with van der Waals surface area (Å²) in [5.41, 5.74) is 2.31. The number of morpholine rings is 1. The lowest BCUT2D eigenvalue weighted by Gasteiger charge is -2.29. The van der Waals surface area contributed by atoms with Crippen LogP contribution in [0.2, 0.25) is 0 Å². The molecule has 1 saturated heterocycles. The summed E-state index contributed by atoms with van der Waals surface area (Å²) in [4.78, 5) is 14.8. The maximum Gasteiger partial charge on any atom is 0.227 e. The van der Waals surface area contributed by atoms with Crippen molar-refractivity contribution in [3.05, 3.63) is 29.8 Å². The van der Waals surface area contributed by atoms with Gasteiger partial charge in [0.15, 0.2) is 0 Å². The number of hydrogen-bond donors (Lipinski definition) is 1. The van der Waals surface area contributed by atoms with Crippen LogP contribution in [0.4, 0.5) is 5.69 Å². The average Bonchev–Trinajstić information content (AvgIpc) is 2.63. The van der Waals surface area contributed by atoms with Gasteiger partial charge in [-0.2, -0.15) is 0 Å². The Morgan fingerprint density at radius 1 is 1.13 bits per heavy atom. The minimum Gasteiger partial charge on any atom is -0.378 e. The summed E-state index contributed by atoms with van der Waals surface area (Å²) >= 11 is 0. The number of amides is 1. The minimum absolute atomic E-state index is 0.0873. The monoisotopic (exact) mass is 316 g/mol. The zero-order valence-corrected chi connectivity index (χ0v) is 14.1. The van der Waals surface area contributed by atoms with Crippen LogP contribution in [-0.4, -0.2) is 38.3 Å². The predicted octanol–water partition coefficient (Wildman–Crippen LogP) is 3.08. The molecule has 126 valence electrons. The normalized spacial score (nSPS) is 21.0. The fourth-order valence-corrected chi connectivity index (χ4v) is 3.52. The second kappa shape index (κ2) is 7.82. The predicted molar refractivity (Wildman–Crippen MR) is 92.9 cm³/mol. The maximum atomic E-state index is 12.5. The van der Waals surface area contributed by atoms with Crippen LogP contribution in [0.3, 0.4) is 0 Å². The van der Waals surface area contributed by atoms with Crippen molar-refractivity contribution < 1.29 is 9.53 Å². The highest BCUT2D eigenvalue weighted by atomic mass is 16.5. The SMILES string of the molecule is C[C@@H](C(=O)NC1CCCCC1)c1ccc(N2CCOCC2)cc1. The van der Waals surface area contributed by atoms with Crippen molar-refractivity contribution in [1.29, 1.82) is 0 Å². The van der Waals surface area contributed by atoms with Crippen molar-refractivity contribution in [2.45, 2.75) is 51.0 Å². The summed E-state index contributed by atoms with van der Waals surface area (Å²) in [5.74, 6) is 0.0756. The molecule has 1 aromatic rings. The molecule has 1 heterocycles. The third-order valence-electron chi connectivity index (χ3n) is 5.11. The van der Waals surface area contributed by atoms with Crippen molar-refractivity contribution in [3.63, 3.8) is 0 Å². The minimum atomic E-state index is -0.0873. The summed E-state index contributed by atoms with van der Waals surface area (Å²) in [6.45, 7) is 5.47. The van der Waals surface area contributed by atoms with Gasteiger partial charge in [-0.1, -0.05) is 31.4 Å². The van der Waals surface area contributed by atoms with E-state index in [-0.39, 0.29) is 11.8 Å². The van der Waals surface area contributed by atoms with Crippen molar-refractivity contribution in [3.8, 4) is 0 Å². The van der Waals surface area contributed by atoms with Crippen molar-refractivity contribution in [2.75, 3.05) is 31.2 Å². The van der Waals surface area contributed by atoms with Gasteiger partial charge in [-0.25, -0.2) is 0 Å². The van der Waals surface area contributed by atoms with E-state index < -0.39 is 0 Å². The number of nitrogens with one attached hydrogen (secondary N) is 1. The van der Waals surface area contributed by atoms with Gasteiger partial charge in [-0.3, -0.25) is 4.79 Å². The molecule has 2 fully saturated rings. The molecule has 3 rings (SSSR count). The van der Waals surface area contributed by atoms with E-state index in [1.165, 1.54) is 24.9 Å². The van der Waals surface area contributed by atoms with Crippen LogP contribution in [0.1, 0.15) is 50.5 Å². The number of anilines is 1. The summed E-state index contributed by atoms with van der Waals surface area (Å²) in [6.07, 6.45) is 6.06. The molecule has 1 aliphatic carbocycles. The largest absolute Gasteiger partial charge is 0.378 e. The standard InChI is InChI=1S/C19H28N2O2/c1-15(19(22)20-17-5-3-2-4-6-17)16-7-9-18(10-8-16)21-11-13-23-14-12-21/h7-10,15,17H,2-6,11-14H2,1H3,(H,20,22)/t15-/m1/s1. The summed E-state index contributed by atoms with van der Waals surface area (Å²) in [7, 11) is 0. The van der Waals surface area contributed by atoms with Gasteiger partial charge >= 0.3 is 0 Å². The lowest BCUT2D eigenvalue weighted by Crippen LogP contribution is -2.38. The Morgan fingerprint density at radius 3 is 2.43 bits per heavy atom. The Bertz CT molecular complexity index is 503. The molecule has 0 radical (unpaired) electrons. The van der Waals surface area contributed by atoms with Crippen molar-refractivity contribution in [1.82, 2.24) is 5.32 Å². The number of rotatable bonds is 4. The van der Waals surface area contributed by atoms with Crippen LogP contribution in [0.15, 0.2) is 24.3 Å². The van der Waals surface area contributed by atoms with E-state index in [9.17, 15) is 4.79 Å². The molecule has 0 bridgehead atoms. The summed E-state index contributed by atoms with van der Waals surface area (Å²) in [5, 5.41) is 3.23. The third-order valence-corrected chi connectivity index (χ3v) is 5.11. The quantitative estimate of drug-likeness (QED) is 0.928. The first kappa shape index (κ1) is 16.3. The zero-order valence-electron chi connectivity index (χ0n) is 14.1. The van der Waals surface area contributed by atoms with E-state index in [4.69, 9.17) is 4.74 Å². The molecule has 2 aliphatic rings. The van der Waals surface area contributed by atoms with Gasteiger partial charge in [0.2, 0.25) is 5.91 Å². The maximum absolute atomic E-state index is 12.5. The van der Waals surface area contributed by atoms with E-state index in [0.717, 1.165) is 44.7 Å². The Hall–Kier alpha value is -1.55. The highest BCUT2D eigenvalue weighted by Gasteiger charge is 2.21. The van der Waals surface area contributed by atoms with Crippen LogP contribution >= 0.6 is 0 Å². The number of carbonyl (C=O) groups excluding carboxylic acids is 1. The molecule has 1 aromatic carbocycles. The van der Waals surface area contributed by atoms with Crippen LogP contribution in [-0.2, 0) is 9.53 Å². The molecule has 0 spiro atoms. The van der Waals surface area contributed by atoms with E-state index in [1.54, 1.807) is 0 Å². The molecule has 4 heteroatoms. The first-order valence-corrected chi connectivity index (χ1v) is 8.97. The first-order valence-electron chi connectivity index (χ1n) is 8.97. The second-order valence-electron chi connectivity index (χ2n) is 6.76. The first-order chi connectivity index (χ1) is 11.2. The molecule has 1 saturated carbocycles. The molecule has 23 heavy (non-hydrogen) atoms. The number of carbonyl (C=O) groups is 1. The van der Waals surface area contributed by atoms with Gasteiger partial charge in [-0.15, -0.1) is 0 Å². The van der Waals surface area contributed by atoms with Gasteiger partial charge in [0.25, 0.3) is 0 Å². The smallest absolute Gasteiger partial charge is 0.227 e. The van der Waals surface area contributed by atoms with E-state index in [1.807, 2.05) is 6.92 Å². The number of hydrogen-bond acceptors (Lipinski definition) is 3. The second-order valence-corrected chi connectivity index (χ2v) is 6.76. The molecule has 1 aliphatic heterocycles. The molecule has 0 aromatic heterocycles. The van der Waals surface area contributed by atoms with Crippen LogP contribution in [0.5, 0.6) is 0 Å². The summed E-state index contributed by atoms with van der Waals surface area (Å²) in [6, 6.07) is 8.83. The van der Waals surface area contributed by atoms with Crippen molar-refractivity contribution >= 4 is 11.6 Å². The lowest BCUT2D eigenvalue weighted by molar-refractivity contribution is -0.123. The van der Waals surface area contributed by atoms with E-state index in [2.05, 4.69) is 34.5 Å². The third kappa shape index (κ3) is 4.25. The van der Waals surface area contributed by atoms with Gasteiger partial charge < -0.3 is 15.0 Å². The van der Waals surface area contributed by atoms with E-state index >= 15 is 0 Å². The number of nitrogens with zero attached hydrogens (tertiary/aromatic N) is 1. The molecule has 4 nitrogen and oxygen atoms in total. The van der Waals surface area contributed by atoms with Gasteiger partial charge in [0, 0.05) is 24.8 Å². The molecule has 1 amide bonds. The molecular weight excluding hydrogens is 288 g/mol. The Kier molecular flexibility index (Phi) is 5.55. The molecular formula is C19H28N2O2. The zero-order chi connectivity index (χ0) is 16.1. The molecule has 1 atom stereocenters. The highest BCUT2D eigenvalue weighted by molar-refractivity contribution is 5.83. The van der Waals surface area contributed by atoms with Crippen LogP contribution in [0, 0.1) is 0 Å². The highest BCUT2D eigenvalue weighted by Crippen LogP contribution is 2.23. The van der Waals surface area contributed by atoms with Gasteiger partial charge in [0.1, 0.15) is 0 Å². The number of benzene rings is 1. The number of ether oxygens (including phenoxy) is 1. The average molecular weight is 316 g/mol. The molecule has 0 unspecified atom stereocenters. The van der Waals surface area contributed by atoms with Crippen LogP contribution in [0.25, 0.3) is 0 Å². The van der Waals surface area contributed by atoms with Gasteiger partial charge in [-0.05, 0) is 37.5 Å². The Labute approximate surface area is 139 Å². The fraction of sp³-hybridized carbons (Fsp3) is 0.632. The lowest BCUT2D eigenvalue weighted by atomic mass is 9.94. The molecule has 1 N–H and O–H groups in total. The summed E-state index contributed by atoms with van der Waals surface area (Å²) < 4.78 is 5.39. The fourth-order valence-electron chi connectivity index (χ4n) is 3.52. The Balaban J connectivity index is 1.57. The van der Waals surface area contributed by atoms with Crippen LogP contribution < -0.4 is 10.2 Å². The van der Waals surface area contributed by atoms with E-state index in [0.29, 0.717) is 6.04 Å².